The first-order valence-corrected chi connectivity index (χ1v) is 11.8. The molecule has 2 aromatic heterocycles. The topological polar surface area (TPSA) is 71.5 Å². The number of methoxy groups -OCH3 is 1. The molecule has 4 rings (SSSR count). The molecule has 1 aliphatic heterocycles. The lowest BCUT2D eigenvalue weighted by Crippen LogP contribution is -2.36. The number of carbonyl (C=O) groups is 2. The van der Waals surface area contributed by atoms with Gasteiger partial charge in [-0.05, 0) is 53.1 Å². The van der Waals surface area contributed by atoms with Crippen molar-refractivity contribution in [2.75, 3.05) is 13.7 Å². The Morgan fingerprint density at radius 2 is 2.06 bits per heavy atom. The summed E-state index contributed by atoms with van der Waals surface area (Å²) in [6, 6.07) is 13.4. The second-order valence-corrected chi connectivity index (χ2v) is 8.91. The molecule has 0 spiro atoms. The van der Waals surface area contributed by atoms with Gasteiger partial charge in [0.05, 0.1) is 0 Å². The van der Waals surface area contributed by atoms with Gasteiger partial charge in [0, 0.05) is 49.6 Å². The zero-order valence-corrected chi connectivity index (χ0v) is 19.6. The van der Waals surface area contributed by atoms with E-state index in [0.29, 0.717) is 19.6 Å². The third kappa shape index (κ3) is 5.38. The second kappa shape index (κ2) is 10.6. The highest BCUT2D eigenvalue weighted by Crippen LogP contribution is 2.25. The molecule has 3 heterocycles. The summed E-state index contributed by atoms with van der Waals surface area (Å²) in [5, 5.41) is 5.01. The SMILES string of the molecule is CO[C@@H](C(=O)NCc1c(C)ncc2c1CCN(C(=O)/C=C/c1cccs1)C2)c1ccccc1. The maximum absolute atomic E-state index is 12.8. The van der Waals surface area contributed by atoms with Gasteiger partial charge in [-0.25, -0.2) is 0 Å². The molecule has 170 valence electrons. The molecule has 0 saturated heterocycles. The van der Waals surface area contributed by atoms with Crippen LogP contribution in [0.3, 0.4) is 0 Å². The van der Waals surface area contributed by atoms with Gasteiger partial charge in [-0.3, -0.25) is 14.6 Å². The molecule has 1 N–H and O–H groups in total. The van der Waals surface area contributed by atoms with Crippen LogP contribution in [0.2, 0.25) is 0 Å². The highest BCUT2D eigenvalue weighted by Gasteiger charge is 2.24. The van der Waals surface area contributed by atoms with Crippen LogP contribution in [0, 0.1) is 6.92 Å². The van der Waals surface area contributed by atoms with Crippen molar-refractivity contribution in [1.82, 2.24) is 15.2 Å². The minimum absolute atomic E-state index is 0.00437. The Morgan fingerprint density at radius 3 is 2.79 bits per heavy atom. The lowest BCUT2D eigenvalue weighted by atomic mass is 9.94. The summed E-state index contributed by atoms with van der Waals surface area (Å²) in [6.07, 6.45) is 5.40. The first-order chi connectivity index (χ1) is 16.1. The monoisotopic (exact) mass is 461 g/mol. The molecule has 3 aromatic rings. The number of nitrogens with one attached hydrogen (secondary N) is 1. The lowest BCUT2D eigenvalue weighted by Gasteiger charge is -2.30. The number of hydrogen-bond donors (Lipinski definition) is 1. The van der Waals surface area contributed by atoms with Crippen molar-refractivity contribution < 1.29 is 14.3 Å². The molecule has 0 saturated carbocycles. The van der Waals surface area contributed by atoms with E-state index < -0.39 is 6.10 Å². The normalized spacial score (nSPS) is 14.2. The number of ether oxygens (including phenoxy) is 1. The second-order valence-electron chi connectivity index (χ2n) is 7.93. The molecule has 1 atom stereocenters. The van der Waals surface area contributed by atoms with Crippen LogP contribution in [0.5, 0.6) is 0 Å². The van der Waals surface area contributed by atoms with Gasteiger partial charge in [-0.2, -0.15) is 0 Å². The molecule has 2 amide bonds. The van der Waals surface area contributed by atoms with Crippen LogP contribution in [-0.4, -0.2) is 35.4 Å². The van der Waals surface area contributed by atoms with E-state index in [0.717, 1.165) is 33.7 Å². The van der Waals surface area contributed by atoms with Crippen molar-refractivity contribution in [1.29, 1.82) is 0 Å². The fourth-order valence-corrected chi connectivity index (χ4v) is 4.70. The van der Waals surface area contributed by atoms with E-state index in [1.807, 2.05) is 71.9 Å². The standard InChI is InChI=1S/C26H27N3O3S/c1-18-23(16-28-26(31)25(32-2)19-7-4-3-5-8-19)22-12-13-29(17-20(22)15-27-18)24(30)11-10-21-9-6-14-33-21/h3-11,14-15,25H,12-13,16-17H2,1-2H3,(H,28,31)/b11-10+/t25-/m1/s1. The molecule has 7 heteroatoms. The minimum atomic E-state index is -0.665. The van der Waals surface area contributed by atoms with Crippen molar-refractivity contribution >= 4 is 29.2 Å². The van der Waals surface area contributed by atoms with Crippen molar-refractivity contribution in [3.8, 4) is 0 Å². The summed E-state index contributed by atoms with van der Waals surface area (Å²) < 4.78 is 5.44. The third-order valence-corrected chi connectivity index (χ3v) is 6.69. The van der Waals surface area contributed by atoms with Gasteiger partial charge in [0.1, 0.15) is 0 Å². The molecular weight excluding hydrogens is 434 g/mol. The van der Waals surface area contributed by atoms with Crippen LogP contribution in [0.4, 0.5) is 0 Å². The Hall–Kier alpha value is -3.29. The van der Waals surface area contributed by atoms with Gasteiger partial charge in [-0.15, -0.1) is 11.3 Å². The van der Waals surface area contributed by atoms with Crippen molar-refractivity contribution in [3.63, 3.8) is 0 Å². The first-order valence-electron chi connectivity index (χ1n) is 10.9. The minimum Gasteiger partial charge on any atom is -0.367 e. The van der Waals surface area contributed by atoms with E-state index in [1.165, 1.54) is 12.7 Å². The number of aromatic nitrogens is 1. The van der Waals surface area contributed by atoms with Crippen molar-refractivity contribution in [3.05, 3.63) is 92.9 Å². The van der Waals surface area contributed by atoms with E-state index in [2.05, 4.69) is 10.3 Å². The summed E-state index contributed by atoms with van der Waals surface area (Å²) in [4.78, 5) is 32.9. The number of carbonyl (C=O) groups excluding carboxylic acids is 2. The largest absolute Gasteiger partial charge is 0.367 e. The van der Waals surface area contributed by atoms with Gasteiger partial charge in [0.15, 0.2) is 6.10 Å². The van der Waals surface area contributed by atoms with E-state index in [1.54, 1.807) is 17.4 Å². The van der Waals surface area contributed by atoms with Gasteiger partial charge < -0.3 is 15.0 Å². The highest BCUT2D eigenvalue weighted by molar-refractivity contribution is 7.10. The van der Waals surface area contributed by atoms with Crippen molar-refractivity contribution in [2.45, 2.75) is 32.5 Å². The van der Waals surface area contributed by atoms with Crippen LogP contribution in [0.25, 0.3) is 6.08 Å². The Morgan fingerprint density at radius 1 is 1.24 bits per heavy atom. The van der Waals surface area contributed by atoms with E-state index >= 15 is 0 Å². The van der Waals surface area contributed by atoms with Crippen molar-refractivity contribution in [2.24, 2.45) is 0 Å². The predicted molar refractivity (Wildman–Crippen MR) is 129 cm³/mol. The van der Waals surface area contributed by atoms with Crippen LogP contribution in [0.15, 0.2) is 60.1 Å². The van der Waals surface area contributed by atoms with E-state index in [9.17, 15) is 9.59 Å². The number of nitrogens with zero attached hydrogens (tertiary/aromatic N) is 2. The van der Waals surface area contributed by atoms with Gasteiger partial charge in [0.2, 0.25) is 5.91 Å². The average Bonchev–Trinajstić information content (AvgIpc) is 3.36. The molecular formula is C26H27N3O3S. The number of aryl methyl sites for hydroxylation is 1. The number of fused-ring (bicyclic) bond motifs is 1. The van der Waals surface area contributed by atoms with Crippen LogP contribution in [-0.2, 0) is 33.8 Å². The molecule has 33 heavy (non-hydrogen) atoms. The number of rotatable bonds is 7. The smallest absolute Gasteiger partial charge is 0.254 e. The molecule has 0 aliphatic carbocycles. The Balaban J connectivity index is 1.44. The summed E-state index contributed by atoms with van der Waals surface area (Å²) in [6.45, 7) is 3.48. The average molecular weight is 462 g/mol. The maximum Gasteiger partial charge on any atom is 0.254 e. The van der Waals surface area contributed by atoms with E-state index in [4.69, 9.17) is 4.74 Å². The third-order valence-electron chi connectivity index (χ3n) is 5.86. The summed E-state index contributed by atoms with van der Waals surface area (Å²) in [5.41, 5.74) is 4.92. The van der Waals surface area contributed by atoms with Gasteiger partial charge >= 0.3 is 0 Å². The molecule has 0 fully saturated rings. The zero-order chi connectivity index (χ0) is 23.2. The zero-order valence-electron chi connectivity index (χ0n) is 18.8. The number of hydrogen-bond acceptors (Lipinski definition) is 5. The fourth-order valence-electron chi connectivity index (χ4n) is 4.08. The Labute approximate surface area is 197 Å². The number of thiophene rings is 1. The molecule has 6 nitrogen and oxygen atoms in total. The quantitative estimate of drug-likeness (QED) is 0.539. The van der Waals surface area contributed by atoms with Gasteiger partial charge in [0.25, 0.3) is 5.91 Å². The summed E-state index contributed by atoms with van der Waals surface area (Å²) in [5.74, 6) is -0.192. The summed E-state index contributed by atoms with van der Waals surface area (Å²) in [7, 11) is 1.53. The number of pyridine rings is 1. The van der Waals surface area contributed by atoms with Gasteiger partial charge in [-0.1, -0.05) is 36.4 Å². The Kier molecular flexibility index (Phi) is 7.32. The Bertz CT molecular complexity index is 1140. The fraction of sp³-hybridized carbons (Fsp3) is 0.269. The molecule has 0 bridgehead atoms. The lowest BCUT2D eigenvalue weighted by molar-refractivity contribution is -0.131. The maximum atomic E-state index is 12.8. The molecule has 0 unspecified atom stereocenters. The molecule has 0 radical (unpaired) electrons. The van der Waals surface area contributed by atoms with Crippen LogP contribution < -0.4 is 5.32 Å². The molecule has 1 aliphatic rings. The first kappa shape index (κ1) is 22.9. The number of benzene rings is 1. The molecule has 1 aromatic carbocycles. The number of amides is 2. The van der Waals surface area contributed by atoms with Crippen LogP contribution >= 0.6 is 11.3 Å². The predicted octanol–water partition coefficient (Wildman–Crippen LogP) is 4.05. The van der Waals surface area contributed by atoms with Crippen LogP contribution in [0.1, 0.15) is 38.9 Å². The highest BCUT2D eigenvalue weighted by atomic mass is 32.1. The van der Waals surface area contributed by atoms with E-state index in [-0.39, 0.29) is 11.8 Å². The summed E-state index contributed by atoms with van der Waals surface area (Å²) >= 11 is 1.60.